The molecule has 0 bridgehead atoms. The molecule has 2 aromatic carbocycles. The van der Waals surface area contributed by atoms with Gasteiger partial charge in [0.25, 0.3) is 0 Å². The van der Waals surface area contributed by atoms with Crippen LogP contribution >= 0.6 is 11.8 Å². The minimum absolute atomic E-state index is 0.0469. The molecular weight excluding hydrogens is 430 g/mol. The van der Waals surface area contributed by atoms with Gasteiger partial charge in [-0.3, -0.25) is 4.79 Å². The molecule has 0 fully saturated rings. The minimum Gasteiger partial charge on any atom is -0.383 e. The highest BCUT2D eigenvalue weighted by molar-refractivity contribution is 8.00. The van der Waals surface area contributed by atoms with Crippen molar-refractivity contribution in [1.82, 2.24) is 4.98 Å². The van der Waals surface area contributed by atoms with Crippen molar-refractivity contribution in [2.75, 3.05) is 29.5 Å². The van der Waals surface area contributed by atoms with Crippen molar-refractivity contribution in [2.45, 2.75) is 25.8 Å². The van der Waals surface area contributed by atoms with Gasteiger partial charge in [-0.2, -0.15) is 10.5 Å². The second-order valence-corrected chi connectivity index (χ2v) is 8.41. The third-order valence-corrected chi connectivity index (χ3v) is 6.39. The highest BCUT2D eigenvalue weighted by atomic mass is 32.2. The number of pyridine rings is 1. The number of anilines is 2. The summed E-state index contributed by atoms with van der Waals surface area (Å²) in [6.07, 6.45) is 0. The number of carbonyl (C=O) groups excluding carboxylic acids is 1. The average Bonchev–Trinajstić information content (AvgIpc) is 2.83. The van der Waals surface area contributed by atoms with Crippen molar-refractivity contribution in [3.63, 3.8) is 0 Å². The van der Waals surface area contributed by atoms with Gasteiger partial charge < -0.3 is 10.6 Å². The van der Waals surface area contributed by atoms with Gasteiger partial charge in [0.15, 0.2) is 5.78 Å². The molecule has 6 nitrogen and oxygen atoms in total. The Kier molecular flexibility index (Phi) is 7.71. The first-order valence-corrected chi connectivity index (χ1v) is 11.6. The molecule has 3 aromatic rings. The van der Waals surface area contributed by atoms with E-state index in [0.717, 1.165) is 36.1 Å². The molecule has 0 unspecified atom stereocenters. The molecule has 0 radical (unpaired) electrons. The van der Waals surface area contributed by atoms with Crippen LogP contribution in [0.25, 0.3) is 11.1 Å². The number of ketones is 1. The van der Waals surface area contributed by atoms with Crippen LogP contribution in [0.15, 0.2) is 53.6 Å². The summed E-state index contributed by atoms with van der Waals surface area (Å²) < 4.78 is 0. The fourth-order valence-electron chi connectivity index (χ4n) is 3.58. The summed E-state index contributed by atoms with van der Waals surface area (Å²) in [5.74, 6) is 0.0764. The van der Waals surface area contributed by atoms with Crippen LogP contribution in [-0.2, 0) is 0 Å². The Morgan fingerprint density at radius 1 is 1.00 bits per heavy atom. The zero-order valence-electron chi connectivity index (χ0n) is 18.9. The van der Waals surface area contributed by atoms with E-state index in [0.29, 0.717) is 21.7 Å². The second-order valence-electron chi connectivity index (χ2n) is 7.45. The summed E-state index contributed by atoms with van der Waals surface area (Å²) >= 11 is 1.16. The summed E-state index contributed by atoms with van der Waals surface area (Å²) in [5, 5.41) is 19.9. The van der Waals surface area contributed by atoms with E-state index in [1.807, 2.05) is 55.5 Å². The molecule has 7 heteroatoms. The largest absolute Gasteiger partial charge is 0.383 e. The number of aromatic nitrogens is 1. The maximum absolute atomic E-state index is 12.8. The van der Waals surface area contributed by atoms with Gasteiger partial charge in [-0.1, -0.05) is 41.6 Å². The molecule has 0 saturated heterocycles. The molecule has 1 aromatic heterocycles. The number of nitrogen functional groups attached to an aromatic ring is 1. The predicted octanol–water partition coefficient (Wildman–Crippen LogP) is 5.20. The van der Waals surface area contributed by atoms with E-state index in [1.54, 1.807) is 0 Å². The number of nitrogens with two attached hydrogens (primary N) is 1. The first kappa shape index (κ1) is 23.8. The van der Waals surface area contributed by atoms with E-state index in [4.69, 9.17) is 5.73 Å². The lowest BCUT2D eigenvalue weighted by molar-refractivity contribution is 0.102. The summed E-state index contributed by atoms with van der Waals surface area (Å²) in [4.78, 5) is 19.3. The molecule has 0 saturated carbocycles. The van der Waals surface area contributed by atoms with Gasteiger partial charge in [-0.25, -0.2) is 4.98 Å². The van der Waals surface area contributed by atoms with Gasteiger partial charge in [-0.05, 0) is 50.6 Å². The van der Waals surface area contributed by atoms with Crippen molar-refractivity contribution in [1.29, 1.82) is 10.5 Å². The third kappa shape index (κ3) is 5.16. The summed E-state index contributed by atoms with van der Waals surface area (Å²) in [7, 11) is 0. The van der Waals surface area contributed by atoms with Gasteiger partial charge in [0.2, 0.25) is 0 Å². The number of Topliss-reactive ketones (excluding diaryl/α,β-unsaturated/α-hetero) is 1. The number of nitrogens with zero attached hydrogens (tertiary/aromatic N) is 4. The van der Waals surface area contributed by atoms with E-state index < -0.39 is 0 Å². The van der Waals surface area contributed by atoms with E-state index in [9.17, 15) is 15.3 Å². The van der Waals surface area contributed by atoms with Crippen molar-refractivity contribution in [2.24, 2.45) is 0 Å². The van der Waals surface area contributed by atoms with Crippen LogP contribution in [0.5, 0.6) is 0 Å². The Morgan fingerprint density at radius 2 is 1.61 bits per heavy atom. The van der Waals surface area contributed by atoms with Crippen LogP contribution < -0.4 is 10.6 Å². The van der Waals surface area contributed by atoms with Crippen LogP contribution in [0.4, 0.5) is 11.5 Å². The standard InChI is InChI=1S/C26H25N5OS/c1-4-31(5-2)20-12-10-18(11-13-20)23(32)16-33-26-22(15-28)24(21(14-27)25(29)30-26)19-8-6-17(3)7-9-19/h6-13H,4-5,16H2,1-3H3,(H2,29,30). The van der Waals surface area contributed by atoms with Crippen molar-refractivity contribution >= 4 is 29.1 Å². The van der Waals surface area contributed by atoms with E-state index in [2.05, 4.69) is 35.9 Å². The van der Waals surface area contributed by atoms with Gasteiger partial charge in [-0.15, -0.1) is 0 Å². The van der Waals surface area contributed by atoms with Crippen molar-refractivity contribution in [3.05, 3.63) is 70.8 Å². The van der Waals surface area contributed by atoms with E-state index in [1.165, 1.54) is 0 Å². The third-order valence-electron chi connectivity index (χ3n) is 5.41. The number of rotatable bonds is 8. The van der Waals surface area contributed by atoms with Crippen LogP contribution in [0.1, 0.15) is 40.9 Å². The number of thioether (sulfide) groups is 1. The van der Waals surface area contributed by atoms with Crippen molar-refractivity contribution < 1.29 is 4.79 Å². The van der Waals surface area contributed by atoms with E-state index in [-0.39, 0.29) is 28.5 Å². The monoisotopic (exact) mass is 455 g/mol. The maximum Gasteiger partial charge on any atom is 0.173 e. The zero-order chi connectivity index (χ0) is 24.0. The molecule has 0 aliphatic heterocycles. The molecule has 33 heavy (non-hydrogen) atoms. The topological polar surface area (TPSA) is 107 Å². The number of benzene rings is 2. The summed E-state index contributed by atoms with van der Waals surface area (Å²) in [6.45, 7) is 7.93. The van der Waals surface area contributed by atoms with Gasteiger partial charge in [0.1, 0.15) is 28.5 Å². The summed E-state index contributed by atoms with van der Waals surface area (Å²) in [6, 6.07) is 19.3. The second kappa shape index (κ2) is 10.7. The Morgan fingerprint density at radius 3 is 2.15 bits per heavy atom. The molecule has 0 aliphatic rings. The van der Waals surface area contributed by atoms with Crippen LogP contribution in [0.3, 0.4) is 0 Å². The Balaban J connectivity index is 1.90. The van der Waals surface area contributed by atoms with Crippen LogP contribution in [-0.4, -0.2) is 29.6 Å². The van der Waals surface area contributed by atoms with Crippen LogP contribution in [0, 0.1) is 29.6 Å². The maximum atomic E-state index is 12.8. The number of aryl methyl sites for hydroxylation is 1. The lowest BCUT2D eigenvalue weighted by atomic mass is 9.96. The lowest BCUT2D eigenvalue weighted by Gasteiger charge is -2.21. The number of hydrogen-bond acceptors (Lipinski definition) is 7. The Hall–Kier alpha value is -3.81. The molecule has 1 heterocycles. The Bertz CT molecular complexity index is 1230. The van der Waals surface area contributed by atoms with Crippen LogP contribution in [0.2, 0.25) is 0 Å². The van der Waals surface area contributed by atoms with Crippen molar-refractivity contribution in [3.8, 4) is 23.3 Å². The predicted molar refractivity (Wildman–Crippen MR) is 133 cm³/mol. The van der Waals surface area contributed by atoms with Gasteiger partial charge >= 0.3 is 0 Å². The molecular formula is C26H25N5OS. The molecule has 0 spiro atoms. The highest BCUT2D eigenvalue weighted by Crippen LogP contribution is 2.36. The fraction of sp³-hybridized carbons (Fsp3) is 0.231. The normalized spacial score (nSPS) is 10.3. The highest BCUT2D eigenvalue weighted by Gasteiger charge is 2.21. The number of hydrogen-bond donors (Lipinski definition) is 1. The fourth-order valence-corrected chi connectivity index (χ4v) is 4.47. The lowest BCUT2D eigenvalue weighted by Crippen LogP contribution is -2.21. The molecule has 166 valence electrons. The smallest absolute Gasteiger partial charge is 0.173 e. The minimum atomic E-state index is -0.0726. The Labute approximate surface area is 198 Å². The van der Waals surface area contributed by atoms with E-state index >= 15 is 0 Å². The zero-order valence-corrected chi connectivity index (χ0v) is 19.7. The molecule has 2 N–H and O–H groups in total. The molecule has 0 aliphatic carbocycles. The van der Waals surface area contributed by atoms with Gasteiger partial charge in [0.05, 0.1) is 11.3 Å². The number of nitriles is 2. The number of carbonyl (C=O) groups is 1. The van der Waals surface area contributed by atoms with Gasteiger partial charge in [0, 0.05) is 29.9 Å². The molecule has 3 rings (SSSR count). The SMILES string of the molecule is CCN(CC)c1ccc(C(=O)CSc2nc(N)c(C#N)c(-c3ccc(C)cc3)c2C#N)cc1. The summed E-state index contributed by atoms with van der Waals surface area (Å²) in [5.41, 5.74) is 10.4. The first-order valence-electron chi connectivity index (χ1n) is 10.6. The average molecular weight is 456 g/mol. The quantitative estimate of drug-likeness (QED) is 0.367. The molecule has 0 atom stereocenters. The molecule has 0 amide bonds. The first-order chi connectivity index (χ1) is 15.9.